The second kappa shape index (κ2) is 7.71. The molecule has 0 fully saturated rings. The molecule has 4 heteroatoms. The van der Waals surface area contributed by atoms with Crippen LogP contribution in [0.15, 0.2) is 24.3 Å². The second-order valence-corrected chi connectivity index (χ2v) is 4.20. The number of rotatable bonds is 8. The van der Waals surface area contributed by atoms with Gasteiger partial charge in [-0.25, -0.2) is 0 Å². The van der Waals surface area contributed by atoms with Gasteiger partial charge >= 0.3 is 0 Å². The van der Waals surface area contributed by atoms with Crippen LogP contribution in [0.1, 0.15) is 38.3 Å². The first kappa shape index (κ1) is 14.5. The van der Waals surface area contributed by atoms with Crippen molar-refractivity contribution in [2.45, 2.75) is 32.7 Å². The Kier molecular flexibility index (Phi) is 6.22. The Labute approximate surface area is 109 Å². The van der Waals surface area contributed by atoms with E-state index in [2.05, 4.69) is 12.2 Å². The highest BCUT2D eigenvalue weighted by Crippen LogP contribution is 2.20. The van der Waals surface area contributed by atoms with Crippen molar-refractivity contribution in [2.24, 2.45) is 5.73 Å². The van der Waals surface area contributed by atoms with Gasteiger partial charge in [0.2, 0.25) is 5.91 Å². The number of carbonyl (C=O) groups excluding carboxylic acids is 1. The van der Waals surface area contributed by atoms with E-state index in [1.54, 1.807) is 0 Å². The van der Waals surface area contributed by atoms with Gasteiger partial charge < -0.3 is 15.8 Å². The molecule has 0 bridgehead atoms. The molecule has 3 N–H and O–H groups in total. The van der Waals surface area contributed by atoms with Crippen LogP contribution in [-0.2, 0) is 4.79 Å². The molecule has 0 radical (unpaired) electrons. The molecule has 0 heterocycles. The second-order valence-electron chi connectivity index (χ2n) is 4.20. The van der Waals surface area contributed by atoms with E-state index >= 15 is 0 Å². The Morgan fingerprint density at radius 1 is 1.33 bits per heavy atom. The van der Waals surface area contributed by atoms with Crippen molar-refractivity contribution in [1.29, 1.82) is 0 Å². The van der Waals surface area contributed by atoms with Gasteiger partial charge in [0.05, 0.1) is 6.61 Å². The molecule has 0 aliphatic rings. The molecule has 1 unspecified atom stereocenters. The van der Waals surface area contributed by atoms with Gasteiger partial charge in [0.15, 0.2) is 0 Å². The zero-order chi connectivity index (χ0) is 13.4. The largest absolute Gasteiger partial charge is 0.494 e. The van der Waals surface area contributed by atoms with Crippen LogP contribution in [-0.4, -0.2) is 19.1 Å². The summed E-state index contributed by atoms with van der Waals surface area (Å²) in [7, 11) is 0. The minimum Gasteiger partial charge on any atom is -0.494 e. The van der Waals surface area contributed by atoms with Gasteiger partial charge in [0.25, 0.3) is 0 Å². The van der Waals surface area contributed by atoms with Crippen molar-refractivity contribution in [3.8, 4) is 5.75 Å². The summed E-state index contributed by atoms with van der Waals surface area (Å²) in [6, 6.07) is 7.78. The van der Waals surface area contributed by atoms with Gasteiger partial charge in [-0.1, -0.05) is 26.0 Å². The number of benzene rings is 1. The molecule has 0 aliphatic carbocycles. The molecule has 1 aromatic carbocycles. The van der Waals surface area contributed by atoms with Crippen LogP contribution in [0.25, 0.3) is 0 Å². The number of ether oxygens (including phenoxy) is 1. The van der Waals surface area contributed by atoms with Crippen molar-refractivity contribution < 1.29 is 9.53 Å². The molecule has 0 aliphatic heterocycles. The number of primary amides is 1. The van der Waals surface area contributed by atoms with E-state index in [4.69, 9.17) is 10.5 Å². The number of hydrogen-bond donors (Lipinski definition) is 2. The van der Waals surface area contributed by atoms with Gasteiger partial charge in [-0.15, -0.1) is 0 Å². The molecular formula is C14H22N2O2. The third-order valence-electron chi connectivity index (χ3n) is 2.61. The fourth-order valence-corrected chi connectivity index (χ4v) is 1.77. The highest BCUT2D eigenvalue weighted by atomic mass is 16.5. The lowest BCUT2D eigenvalue weighted by atomic mass is 10.0. The number of nitrogens with one attached hydrogen (secondary N) is 1. The van der Waals surface area contributed by atoms with Crippen molar-refractivity contribution in [3.05, 3.63) is 29.8 Å². The summed E-state index contributed by atoms with van der Waals surface area (Å²) in [5.41, 5.74) is 6.31. The lowest BCUT2D eigenvalue weighted by molar-refractivity contribution is -0.118. The van der Waals surface area contributed by atoms with E-state index in [9.17, 15) is 4.79 Å². The van der Waals surface area contributed by atoms with Crippen LogP contribution in [0.2, 0.25) is 0 Å². The minimum absolute atomic E-state index is 0.0206. The molecule has 0 spiro atoms. The van der Waals surface area contributed by atoms with Crippen molar-refractivity contribution in [2.75, 3.05) is 13.2 Å². The van der Waals surface area contributed by atoms with E-state index in [-0.39, 0.29) is 11.9 Å². The average molecular weight is 250 g/mol. The molecule has 0 aromatic heterocycles. The molecule has 1 rings (SSSR count). The topological polar surface area (TPSA) is 64.3 Å². The maximum Gasteiger partial charge on any atom is 0.219 e. The number of hydrogen-bond acceptors (Lipinski definition) is 3. The normalized spacial score (nSPS) is 12.1. The maximum absolute atomic E-state index is 11.0. The van der Waals surface area contributed by atoms with Gasteiger partial charge in [0, 0.05) is 12.5 Å². The summed E-state index contributed by atoms with van der Waals surface area (Å²) in [5, 5.41) is 3.25. The molecule has 1 amide bonds. The van der Waals surface area contributed by atoms with E-state index < -0.39 is 0 Å². The van der Waals surface area contributed by atoms with E-state index in [1.807, 2.05) is 31.2 Å². The van der Waals surface area contributed by atoms with E-state index in [0.717, 1.165) is 30.9 Å². The van der Waals surface area contributed by atoms with Crippen LogP contribution in [0.3, 0.4) is 0 Å². The number of carbonyl (C=O) groups is 1. The SMILES string of the molecule is CCCOc1ccc(C(CC(N)=O)NCC)cc1. The molecule has 0 saturated heterocycles. The summed E-state index contributed by atoms with van der Waals surface area (Å²) in [5.74, 6) is 0.558. The van der Waals surface area contributed by atoms with Crippen LogP contribution in [0, 0.1) is 0 Å². The van der Waals surface area contributed by atoms with Gasteiger partial charge in [-0.2, -0.15) is 0 Å². The average Bonchev–Trinajstić information content (AvgIpc) is 2.36. The zero-order valence-electron chi connectivity index (χ0n) is 11.1. The Balaban J connectivity index is 2.70. The summed E-state index contributed by atoms with van der Waals surface area (Å²) < 4.78 is 5.52. The molecule has 1 atom stereocenters. The maximum atomic E-state index is 11.0. The molecule has 18 heavy (non-hydrogen) atoms. The molecule has 0 saturated carbocycles. The summed E-state index contributed by atoms with van der Waals surface area (Å²) in [6.45, 7) is 5.60. The standard InChI is InChI=1S/C14H22N2O2/c1-3-9-18-12-7-5-11(6-8-12)13(16-4-2)10-14(15)17/h5-8,13,16H,3-4,9-10H2,1-2H3,(H2,15,17). The molecular weight excluding hydrogens is 228 g/mol. The first-order valence-electron chi connectivity index (χ1n) is 6.41. The third-order valence-corrected chi connectivity index (χ3v) is 2.61. The Morgan fingerprint density at radius 2 is 2.00 bits per heavy atom. The van der Waals surface area contributed by atoms with Crippen LogP contribution in [0.5, 0.6) is 5.75 Å². The minimum atomic E-state index is -0.299. The lowest BCUT2D eigenvalue weighted by Gasteiger charge is -2.17. The Morgan fingerprint density at radius 3 is 2.50 bits per heavy atom. The molecule has 100 valence electrons. The highest BCUT2D eigenvalue weighted by Gasteiger charge is 2.12. The fourth-order valence-electron chi connectivity index (χ4n) is 1.77. The van der Waals surface area contributed by atoms with Crippen LogP contribution < -0.4 is 15.8 Å². The molecule has 1 aromatic rings. The van der Waals surface area contributed by atoms with Gasteiger partial charge in [-0.05, 0) is 30.7 Å². The highest BCUT2D eigenvalue weighted by molar-refractivity contribution is 5.74. The van der Waals surface area contributed by atoms with Crippen molar-refractivity contribution >= 4 is 5.91 Å². The summed E-state index contributed by atoms with van der Waals surface area (Å²) in [4.78, 5) is 11.0. The van der Waals surface area contributed by atoms with Gasteiger partial charge in [-0.3, -0.25) is 4.79 Å². The Hall–Kier alpha value is -1.55. The smallest absolute Gasteiger partial charge is 0.219 e. The lowest BCUT2D eigenvalue weighted by Crippen LogP contribution is -2.26. The summed E-state index contributed by atoms with van der Waals surface area (Å²) >= 11 is 0. The third kappa shape index (κ3) is 4.75. The fraction of sp³-hybridized carbons (Fsp3) is 0.500. The predicted molar refractivity (Wildman–Crippen MR) is 72.5 cm³/mol. The van der Waals surface area contributed by atoms with Crippen LogP contribution >= 0.6 is 0 Å². The predicted octanol–water partition coefficient (Wildman–Crippen LogP) is 2.00. The van der Waals surface area contributed by atoms with Crippen molar-refractivity contribution in [3.63, 3.8) is 0 Å². The first-order valence-corrected chi connectivity index (χ1v) is 6.41. The first-order chi connectivity index (χ1) is 8.67. The van der Waals surface area contributed by atoms with Crippen molar-refractivity contribution in [1.82, 2.24) is 5.32 Å². The van der Waals surface area contributed by atoms with E-state index in [1.165, 1.54) is 0 Å². The number of nitrogens with two attached hydrogens (primary N) is 1. The monoisotopic (exact) mass is 250 g/mol. The Bertz CT molecular complexity index is 363. The van der Waals surface area contributed by atoms with Gasteiger partial charge in [0.1, 0.15) is 5.75 Å². The molecule has 4 nitrogen and oxygen atoms in total. The zero-order valence-corrected chi connectivity index (χ0v) is 11.1. The number of amides is 1. The quantitative estimate of drug-likeness (QED) is 0.741. The van der Waals surface area contributed by atoms with Crippen LogP contribution in [0.4, 0.5) is 0 Å². The summed E-state index contributed by atoms with van der Waals surface area (Å²) in [6.07, 6.45) is 1.30. The van der Waals surface area contributed by atoms with E-state index in [0.29, 0.717) is 6.42 Å².